The SMILES string of the molecule is CCN1CCN(CCC(C)(NC(C)C)C(=O)OC)CC1C. The monoisotopic (exact) mass is 299 g/mol. The second kappa shape index (κ2) is 8.11. The van der Waals surface area contributed by atoms with Crippen molar-refractivity contribution in [2.45, 2.75) is 58.7 Å². The number of piperazine rings is 1. The number of methoxy groups -OCH3 is 1. The summed E-state index contributed by atoms with van der Waals surface area (Å²) in [6.45, 7) is 15.9. The zero-order valence-corrected chi connectivity index (χ0v) is 14.6. The van der Waals surface area contributed by atoms with Crippen LogP contribution in [-0.4, -0.2) is 73.2 Å². The second-order valence-electron chi connectivity index (χ2n) is 6.65. The maximum Gasteiger partial charge on any atom is 0.325 e. The number of carbonyl (C=O) groups is 1. The molecule has 5 heteroatoms. The first-order valence-electron chi connectivity index (χ1n) is 8.15. The van der Waals surface area contributed by atoms with E-state index in [0.29, 0.717) is 6.04 Å². The predicted octanol–water partition coefficient (Wildman–Crippen LogP) is 1.33. The molecule has 0 spiro atoms. The molecule has 0 aliphatic carbocycles. The van der Waals surface area contributed by atoms with Crippen LogP contribution in [0.4, 0.5) is 0 Å². The van der Waals surface area contributed by atoms with Crippen LogP contribution in [0.2, 0.25) is 0 Å². The average molecular weight is 299 g/mol. The lowest BCUT2D eigenvalue weighted by atomic mass is 9.96. The Kier molecular flexibility index (Phi) is 7.10. The van der Waals surface area contributed by atoms with E-state index in [1.54, 1.807) is 0 Å². The Hall–Kier alpha value is -0.650. The topological polar surface area (TPSA) is 44.8 Å². The molecule has 1 aliphatic rings. The van der Waals surface area contributed by atoms with Gasteiger partial charge in [0.2, 0.25) is 0 Å². The van der Waals surface area contributed by atoms with Crippen molar-refractivity contribution < 1.29 is 9.53 Å². The van der Waals surface area contributed by atoms with Gasteiger partial charge in [-0.15, -0.1) is 0 Å². The molecule has 1 saturated heterocycles. The molecular formula is C16H33N3O2. The van der Waals surface area contributed by atoms with E-state index in [2.05, 4.69) is 42.8 Å². The molecular weight excluding hydrogens is 266 g/mol. The van der Waals surface area contributed by atoms with Gasteiger partial charge >= 0.3 is 5.97 Å². The molecule has 0 aromatic rings. The summed E-state index contributed by atoms with van der Waals surface area (Å²) in [5.74, 6) is -0.170. The van der Waals surface area contributed by atoms with Gasteiger partial charge < -0.3 is 9.64 Å². The number of ether oxygens (including phenoxy) is 1. The van der Waals surface area contributed by atoms with Gasteiger partial charge in [-0.1, -0.05) is 6.92 Å². The van der Waals surface area contributed by atoms with Crippen LogP contribution in [0.5, 0.6) is 0 Å². The molecule has 1 rings (SSSR count). The van der Waals surface area contributed by atoms with Crippen molar-refractivity contribution in [1.82, 2.24) is 15.1 Å². The van der Waals surface area contributed by atoms with Gasteiger partial charge in [0.05, 0.1) is 7.11 Å². The molecule has 21 heavy (non-hydrogen) atoms. The van der Waals surface area contributed by atoms with Crippen LogP contribution >= 0.6 is 0 Å². The summed E-state index contributed by atoms with van der Waals surface area (Å²) in [5.41, 5.74) is -0.603. The van der Waals surface area contributed by atoms with Crippen LogP contribution in [0.3, 0.4) is 0 Å². The molecule has 1 aliphatic heterocycles. The molecule has 0 aromatic heterocycles. The Morgan fingerprint density at radius 3 is 2.57 bits per heavy atom. The smallest absolute Gasteiger partial charge is 0.325 e. The molecule has 1 heterocycles. The molecule has 0 aromatic carbocycles. The molecule has 1 fully saturated rings. The number of carbonyl (C=O) groups excluding carboxylic acids is 1. The molecule has 2 unspecified atom stereocenters. The summed E-state index contributed by atoms with van der Waals surface area (Å²) in [6, 6.07) is 0.844. The van der Waals surface area contributed by atoms with Crippen molar-refractivity contribution in [2.24, 2.45) is 0 Å². The minimum Gasteiger partial charge on any atom is -0.468 e. The molecule has 0 amide bonds. The third-order valence-electron chi connectivity index (χ3n) is 4.43. The van der Waals surface area contributed by atoms with Crippen LogP contribution in [0.25, 0.3) is 0 Å². The summed E-state index contributed by atoms with van der Waals surface area (Å²) < 4.78 is 4.98. The lowest BCUT2D eigenvalue weighted by Crippen LogP contribution is -2.56. The fourth-order valence-electron chi connectivity index (χ4n) is 3.22. The minimum absolute atomic E-state index is 0.170. The number of likely N-dealkylation sites (N-methyl/N-ethyl adjacent to an activating group) is 1. The van der Waals surface area contributed by atoms with Crippen LogP contribution in [-0.2, 0) is 9.53 Å². The summed E-state index contributed by atoms with van der Waals surface area (Å²) in [7, 11) is 1.46. The van der Waals surface area contributed by atoms with Crippen molar-refractivity contribution in [1.29, 1.82) is 0 Å². The standard InChI is InChI=1S/C16H33N3O2/c1-7-19-11-10-18(12-14(19)4)9-8-16(5,15(20)21-6)17-13(2)3/h13-14,17H,7-12H2,1-6H3. The second-order valence-corrected chi connectivity index (χ2v) is 6.65. The lowest BCUT2D eigenvalue weighted by molar-refractivity contribution is -0.148. The molecule has 0 radical (unpaired) electrons. The van der Waals surface area contributed by atoms with Gasteiger partial charge in [0.15, 0.2) is 0 Å². The Bertz CT molecular complexity index is 335. The highest BCUT2D eigenvalue weighted by Crippen LogP contribution is 2.16. The number of rotatable bonds is 7. The van der Waals surface area contributed by atoms with Crippen molar-refractivity contribution in [3.05, 3.63) is 0 Å². The van der Waals surface area contributed by atoms with E-state index in [0.717, 1.165) is 39.1 Å². The van der Waals surface area contributed by atoms with E-state index in [1.165, 1.54) is 7.11 Å². The summed E-state index contributed by atoms with van der Waals surface area (Å²) in [6.07, 6.45) is 0.775. The summed E-state index contributed by atoms with van der Waals surface area (Å²) >= 11 is 0. The molecule has 0 bridgehead atoms. The molecule has 2 atom stereocenters. The third kappa shape index (κ3) is 5.24. The van der Waals surface area contributed by atoms with Gasteiger partial charge in [0.1, 0.15) is 5.54 Å². The van der Waals surface area contributed by atoms with Gasteiger partial charge in [0.25, 0.3) is 0 Å². The van der Waals surface area contributed by atoms with Gasteiger partial charge in [-0.3, -0.25) is 15.0 Å². The fraction of sp³-hybridized carbons (Fsp3) is 0.938. The molecule has 0 saturated carbocycles. The largest absolute Gasteiger partial charge is 0.468 e. The summed E-state index contributed by atoms with van der Waals surface area (Å²) in [5, 5.41) is 3.37. The Labute approximate surface area is 130 Å². The van der Waals surface area contributed by atoms with E-state index in [-0.39, 0.29) is 12.0 Å². The minimum atomic E-state index is -0.603. The van der Waals surface area contributed by atoms with Gasteiger partial charge in [-0.2, -0.15) is 0 Å². The van der Waals surface area contributed by atoms with Gasteiger partial charge in [-0.25, -0.2) is 0 Å². The highest BCUT2D eigenvalue weighted by atomic mass is 16.5. The van der Waals surface area contributed by atoms with E-state index in [4.69, 9.17) is 4.74 Å². The van der Waals surface area contributed by atoms with Gasteiger partial charge in [-0.05, 0) is 40.7 Å². The molecule has 1 N–H and O–H groups in total. The van der Waals surface area contributed by atoms with E-state index >= 15 is 0 Å². The van der Waals surface area contributed by atoms with E-state index in [1.807, 2.05) is 6.92 Å². The zero-order valence-electron chi connectivity index (χ0n) is 14.6. The van der Waals surface area contributed by atoms with Gasteiger partial charge in [0, 0.05) is 38.3 Å². The number of nitrogens with zero attached hydrogens (tertiary/aromatic N) is 2. The number of nitrogens with one attached hydrogen (secondary N) is 1. The average Bonchev–Trinajstić information content (AvgIpc) is 2.43. The van der Waals surface area contributed by atoms with Crippen LogP contribution in [0.1, 0.15) is 41.0 Å². The Morgan fingerprint density at radius 1 is 1.43 bits per heavy atom. The molecule has 124 valence electrons. The first kappa shape index (κ1) is 18.4. The highest BCUT2D eigenvalue weighted by Gasteiger charge is 2.35. The Morgan fingerprint density at radius 2 is 2.10 bits per heavy atom. The Balaban J connectivity index is 2.56. The maximum atomic E-state index is 12.1. The van der Waals surface area contributed by atoms with Crippen LogP contribution < -0.4 is 5.32 Å². The van der Waals surface area contributed by atoms with Crippen molar-refractivity contribution in [3.8, 4) is 0 Å². The first-order chi connectivity index (χ1) is 9.82. The summed E-state index contributed by atoms with van der Waals surface area (Å²) in [4.78, 5) is 17.1. The third-order valence-corrected chi connectivity index (χ3v) is 4.43. The van der Waals surface area contributed by atoms with Crippen LogP contribution in [0.15, 0.2) is 0 Å². The highest BCUT2D eigenvalue weighted by molar-refractivity contribution is 5.80. The molecule has 5 nitrogen and oxygen atoms in total. The van der Waals surface area contributed by atoms with Crippen LogP contribution in [0, 0.1) is 0 Å². The number of hydrogen-bond acceptors (Lipinski definition) is 5. The van der Waals surface area contributed by atoms with E-state index < -0.39 is 5.54 Å². The van der Waals surface area contributed by atoms with Crippen molar-refractivity contribution in [3.63, 3.8) is 0 Å². The van der Waals surface area contributed by atoms with Crippen molar-refractivity contribution in [2.75, 3.05) is 39.8 Å². The predicted molar refractivity (Wildman–Crippen MR) is 86.5 cm³/mol. The number of esters is 1. The zero-order chi connectivity index (χ0) is 16.0. The lowest BCUT2D eigenvalue weighted by Gasteiger charge is -2.40. The normalized spacial score (nSPS) is 24.0. The maximum absolute atomic E-state index is 12.1. The fourth-order valence-corrected chi connectivity index (χ4v) is 3.22. The first-order valence-corrected chi connectivity index (χ1v) is 8.15. The number of hydrogen-bond donors (Lipinski definition) is 1. The quantitative estimate of drug-likeness (QED) is 0.719. The van der Waals surface area contributed by atoms with E-state index in [9.17, 15) is 4.79 Å². The van der Waals surface area contributed by atoms with Crippen molar-refractivity contribution >= 4 is 5.97 Å².